The van der Waals surface area contributed by atoms with Crippen molar-refractivity contribution in [2.45, 2.75) is 17.9 Å². The minimum atomic E-state index is -4.17. The normalized spacial score (nSPS) is 17.3. The number of rotatable bonds is 4. The van der Waals surface area contributed by atoms with Crippen LogP contribution in [-0.4, -0.2) is 62.8 Å². The second-order valence-corrected chi connectivity index (χ2v) is 7.03. The number of amides is 2. The molecule has 0 unspecified atom stereocenters. The molecule has 1 aliphatic rings. The fraction of sp³-hybridized carbons (Fsp3) is 0.429. The maximum absolute atomic E-state index is 13.6. The van der Waals surface area contributed by atoms with Crippen molar-refractivity contribution in [3.63, 3.8) is 0 Å². The topological polar surface area (TPSA) is 86.8 Å². The lowest BCUT2D eigenvalue weighted by Gasteiger charge is -2.33. The molecule has 1 aromatic carbocycles. The second kappa shape index (κ2) is 6.63. The summed E-state index contributed by atoms with van der Waals surface area (Å²) in [5, 5.41) is 0. The average Bonchev–Trinajstić information content (AvgIpc) is 2.49. The summed E-state index contributed by atoms with van der Waals surface area (Å²) in [7, 11) is -2.53. The molecule has 2 rings (SSSR count). The molecule has 0 spiro atoms. The molecule has 0 aromatic heterocycles. The third-order valence-corrected chi connectivity index (χ3v) is 5.17. The Morgan fingerprint density at radius 1 is 1.30 bits per heavy atom. The standard InChI is InChI=1S/C14H18FN3O4S/c1-10(14(20)18-8-7-17(2)13(19)9-18)16-23(21,22)12-6-4-3-5-11(12)15/h3-6,10,16H,7-9H2,1-2H3/t10-/m0/s1. The number of sulfonamides is 1. The van der Waals surface area contributed by atoms with Gasteiger partial charge < -0.3 is 9.80 Å². The third-order valence-electron chi connectivity index (χ3n) is 3.60. The summed E-state index contributed by atoms with van der Waals surface area (Å²) in [5.41, 5.74) is 0. The molecule has 1 atom stereocenters. The lowest BCUT2D eigenvalue weighted by molar-refractivity contribution is -0.144. The number of nitrogens with one attached hydrogen (secondary N) is 1. The monoisotopic (exact) mass is 343 g/mol. The molecule has 2 amide bonds. The molecule has 0 saturated carbocycles. The number of carbonyl (C=O) groups excluding carboxylic acids is 2. The van der Waals surface area contributed by atoms with E-state index in [0.29, 0.717) is 13.1 Å². The summed E-state index contributed by atoms with van der Waals surface area (Å²) >= 11 is 0. The van der Waals surface area contributed by atoms with Crippen LogP contribution < -0.4 is 4.72 Å². The number of likely N-dealkylation sites (N-methyl/N-ethyl adjacent to an activating group) is 1. The van der Waals surface area contributed by atoms with Gasteiger partial charge in [-0.2, -0.15) is 4.72 Å². The summed E-state index contributed by atoms with van der Waals surface area (Å²) in [4.78, 5) is 26.2. The van der Waals surface area contributed by atoms with Gasteiger partial charge in [0.05, 0.1) is 12.6 Å². The van der Waals surface area contributed by atoms with Crippen molar-refractivity contribution in [2.24, 2.45) is 0 Å². The molecule has 1 fully saturated rings. The van der Waals surface area contributed by atoms with E-state index in [4.69, 9.17) is 0 Å². The lowest BCUT2D eigenvalue weighted by Crippen LogP contribution is -2.55. The molecule has 1 aliphatic heterocycles. The number of carbonyl (C=O) groups is 2. The molecular weight excluding hydrogens is 325 g/mol. The van der Waals surface area contributed by atoms with Gasteiger partial charge >= 0.3 is 0 Å². The van der Waals surface area contributed by atoms with Crippen molar-refractivity contribution in [3.8, 4) is 0 Å². The summed E-state index contributed by atoms with van der Waals surface area (Å²) in [5.74, 6) is -1.63. The highest BCUT2D eigenvalue weighted by Crippen LogP contribution is 2.14. The van der Waals surface area contributed by atoms with Gasteiger partial charge in [0.2, 0.25) is 21.8 Å². The first-order valence-corrected chi connectivity index (χ1v) is 8.50. The highest BCUT2D eigenvalue weighted by Gasteiger charge is 2.31. The molecule has 126 valence electrons. The molecule has 1 saturated heterocycles. The zero-order valence-electron chi connectivity index (χ0n) is 12.8. The van der Waals surface area contributed by atoms with E-state index >= 15 is 0 Å². The first-order valence-electron chi connectivity index (χ1n) is 7.02. The lowest BCUT2D eigenvalue weighted by atomic mass is 10.2. The molecule has 1 N–H and O–H groups in total. The van der Waals surface area contributed by atoms with Crippen LogP contribution in [0.5, 0.6) is 0 Å². The van der Waals surface area contributed by atoms with E-state index in [9.17, 15) is 22.4 Å². The summed E-state index contributed by atoms with van der Waals surface area (Å²) < 4.78 is 40.1. The minimum Gasteiger partial charge on any atom is -0.342 e. The van der Waals surface area contributed by atoms with Gasteiger partial charge in [0.1, 0.15) is 10.7 Å². The van der Waals surface area contributed by atoms with E-state index in [0.717, 1.165) is 12.1 Å². The van der Waals surface area contributed by atoms with Crippen LogP contribution in [0.25, 0.3) is 0 Å². The van der Waals surface area contributed by atoms with Gasteiger partial charge in [-0.3, -0.25) is 9.59 Å². The Bertz CT molecular complexity index is 722. The number of nitrogens with zero attached hydrogens (tertiary/aromatic N) is 2. The van der Waals surface area contributed by atoms with Crippen LogP contribution in [0.15, 0.2) is 29.2 Å². The van der Waals surface area contributed by atoms with Gasteiger partial charge in [-0.1, -0.05) is 12.1 Å². The number of piperazine rings is 1. The zero-order valence-corrected chi connectivity index (χ0v) is 13.6. The van der Waals surface area contributed by atoms with E-state index in [1.54, 1.807) is 7.05 Å². The number of hydrogen-bond donors (Lipinski definition) is 1. The summed E-state index contributed by atoms with van der Waals surface area (Å²) in [6, 6.07) is 3.81. The highest BCUT2D eigenvalue weighted by atomic mass is 32.2. The van der Waals surface area contributed by atoms with Gasteiger partial charge in [-0.15, -0.1) is 0 Å². The van der Waals surface area contributed by atoms with Gasteiger partial charge in [0.15, 0.2) is 0 Å². The summed E-state index contributed by atoms with van der Waals surface area (Å²) in [6.45, 7) is 1.98. The fourth-order valence-electron chi connectivity index (χ4n) is 2.23. The Hall–Kier alpha value is -2.00. The molecule has 0 bridgehead atoms. The number of halogens is 1. The highest BCUT2D eigenvalue weighted by molar-refractivity contribution is 7.89. The largest absolute Gasteiger partial charge is 0.342 e. The van der Waals surface area contributed by atoms with Gasteiger partial charge in [0.25, 0.3) is 0 Å². The third kappa shape index (κ3) is 3.85. The Balaban J connectivity index is 2.09. The van der Waals surface area contributed by atoms with Crippen LogP contribution in [0.2, 0.25) is 0 Å². The molecule has 7 nitrogen and oxygen atoms in total. The predicted octanol–water partition coefficient (Wildman–Crippen LogP) is -0.207. The second-order valence-electron chi connectivity index (χ2n) is 5.35. The summed E-state index contributed by atoms with van der Waals surface area (Å²) in [6.07, 6.45) is 0. The van der Waals surface area contributed by atoms with Crippen molar-refractivity contribution in [2.75, 3.05) is 26.7 Å². The van der Waals surface area contributed by atoms with Crippen LogP contribution in [0.3, 0.4) is 0 Å². The molecule has 1 heterocycles. The Morgan fingerprint density at radius 3 is 2.57 bits per heavy atom. The first-order chi connectivity index (χ1) is 10.7. The van der Waals surface area contributed by atoms with Crippen LogP contribution >= 0.6 is 0 Å². The van der Waals surface area contributed by atoms with Gasteiger partial charge in [-0.05, 0) is 19.1 Å². The molecule has 0 radical (unpaired) electrons. The predicted molar refractivity (Wildman–Crippen MR) is 80.4 cm³/mol. The molecule has 23 heavy (non-hydrogen) atoms. The smallest absolute Gasteiger partial charge is 0.244 e. The molecule has 1 aromatic rings. The van der Waals surface area contributed by atoms with Gasteiger partial charge in [0, 0.05) is 20.1 Å². The first kappa shape index (κ1) is 17.4. The minimum absolute atomic E-state index is 0.0961. The molecular formula is C14H18FN3O4S. The molecule has 0 aliphatic carbocycles. The Morgan fingerprint density at radius 2 is 1.96 bits per heavy atom. The Labute approximate surface area is 134 Å². The van der Waals surface area contributed by atoms with Crippen LogP contribution in [0, 0.1) is 5.82 Å². The maximum Gasteiger partial charge on any atom is 0.244 e. The van der Waals surface area contributed by atoms with E-state index in [1.807, 2.05) is 0 Å². The van der Waals surface area contributed by atoms with Crippen LogP contribution in [0.4, 0.5) is 4.39 Å². The van der Waals surface area contributed by atoms with Gasteiger partial charge in [-0.25, -0.2) is 12.8 Å². The van der Waals surface area contributed by atoms with Crippen LogP contribution in [0.1, 0.15) is 6.92 Å². The van der Waals surface area contributed by atoms with Crippen molar-refractivity contribution >= 4 is 21.8 Å². The molecule has 9 heteroatoms. The SMILES string of the molecule is C[C@H](NS(=O)(=O)c1ccccc1F)C(=O)N1CCN(C)C(=O)C1. The van der Waals surface area contributed by atoms with Crippen molar-refractivity contribution in [1.29, 1.82) is 0 Å². The number of hydrogen-bond acceptors (Lipinski definition) is 4. The van der Waals surface area contributed by atoms with E-state index in [-0.39, 0.29) is 12.5 Å². The van der Waals surface area contributed by atoms with E-state index in [2.05, 4.69) is 4.72 Å². The van der Waals surface area contributed by atoms with Crippen molar-refractivity contribution in [1.82, 2.24) is 14.5 Å². The number of benzene rings is 1. The maximum atomic E-state index is 13.6. The zero-order chi connectivity index (χ0) is 17.2. The van der Waals surface area contributed by atoms with E-state index in [1.165, 1.54) is 28.9 Å². The van der Waals surface area contributed by atoms with Crippen molar-refractivity contribution < 1.29 is 22.4 Å². The Kier molecular flexibility index (Phi) is 5.00. The quantitative estimate of drug-likeness (QED) is 0.820. The van der Waals surface area contributed by atoms with E-state index < -0.39 is 32.7 Å². The average molecular weight is 343 g/mol. The van der Waals surface area contributed by atoms with Crippen molar-refractivity contribution in [3.05, 3.63) is 30.1 Å². The van der Waals surface area contributed by atoms with Crippen LogP contribution in [-0.2, 0) is 19.6 Å². The fourth-order valence-corrected chi connectivity index (χ4v) is 3.51.